The van der Waals surface area contributed by atoms with E-state index in [0.717, 1.165) is 186 Å². The number of esters is 2. The molecule has 4 fully saturated rings. The number of hydrazone groups is 1. The van der Waals surface area contributed by atoms with Gasteiger partial charge in [-0.3, -0.25) is 38.7 Å². The molecule has 0 unspecified atom stereocenters. The second kappa shape index (κ2) is 54.4. The molecule has 11 rings (SSSR count). The maximum absolute atomic E-state index is 12.7. The molecule has 1 amide bonds. The smallest absolute Gasteiger partial charge is 0.309 e. The Bertz CT molecular complexity index is 3340. The molecule has 5 aliphatic heterocycles. The number of aliphatic hydroxyl groups excluding tert-OH is 1. The summed E-state index contributed by atoms with van der Waals surface area (Å²) in [4.78, 5) is 64.8. The highest BCUT2D eigenvalue weighted by Crippen LogP contribution is 2.27. The van der Waals surface area contributed by atoms with Crippen molar-refractivity contribution in [2.45, 2.75) is 45.4 Å². The Balaban J connectivity index is 0.000000326. The van der Waals surface area contributed by atoms with Gasteiger partial charge in [-0.05, 0) is 102 Å². The van der Waals surface area contributed by atoms with Crippen molar-refractivity contribution in [1.29, 1.82) is 0 Å². The van der Waals surface area contributed by atoms with Crippen molar-refractivity contribution in [2.24, 2.45) is 5.10 Å². The molecule has 0 saturated carbocycles. The number of benzene rings is 4. The molecule has 7 heterocycles. The van der Waals surface area contributed by atoms with Crippen LogP contribution in [0.1, 0.15) is 56.6 Å². The van der Waals surface area contributed by atoms with E-state index in [9.17, 15) is 24.0 Å². The number of phenolic OH excluding ortho intramolecular Hbond substituents is 1. The van der Waals surface area contributed by atoms with Crippen molar-refractivity contribution in [1.82, 2.24) is 19.7 Å². The summed E-state index contributed by atoms with van der Waals surface area (Å²) in [6.07, 6.45) is 1.97. The zero-order valence-electron chi connectivity index (χ0n) is 58.1. The van der Waals surface area contributed by atoms with Gasteiger partial charge in [-0.15, -0.1) is 46.7 Å². The van der Waals surface area contributed by atoms with Crippen LogP contribution in [0.3, 0.4) is 0 Å². The number of amides is 1. The average molecular weight is 1560 g/mol. The molecule has 23 nitrogen and oxygen atoms in total. The molecule has 4 saturated heterocycles. The van der Waals surface area contributed by atoms with Gasteiger partial charge < -0.3 is 75.7 Å². The van der Waals surface area contributed by atoms with E-state index in [2.05, 4.69) is 34.6 Å². The third-order valence-corrected chi connectivity index (χ3v) is 17.7. The Morgan fingerprint density at radius 2 is 1.02 bits per heavy atom. The fraction of sp³-hybridized carbons (Fsp3) is 0.472. The van der Waals surface area contributed by atoms with Gasteiger partial charge in [0.1, 0.15) is 36.2 Å². The first-order valence-electron chi connectivity index (χ1n) is 33.2. The standard InChI is InChI=1S/C21H24ClN3O3S.C15H21NO4.C10H12O3.C9H10O3.C7H6Cl2OS.C6H13NO2.C4H9NO.2ClH/c22-20-5-4-19(29-20)18-6-7-25(23-18)21(26)15-16-2-1-3-17(14-16)28-13-10-24-8-11-27-12-9-24;1-18-15(17)12-13-3-2-4-14(11-13)20-10-7-16-5-8-19-9-6-16;1-2-13-9-5-3-4-8(6-9)7-10(11)12;1-12-9(11)6-7-3-2-4-8(10)5-7;8-4-3-5(10)6-1-2-7(9)11-6;8-4-1-7-2-5-9-6-3-7;1-3-6-4-2-5-1;;/h1-5,14H,6-13,15H2;2-4,11H,5-10,12H2,1H3;3-6H,2,7H2,1H3,(H,11,12);2-5,10H,6H2,1H3;1-2H,3-4H2;8H,1-6H2;5H,1-4H2;2*1H. The van der Waals surface area contributed by atoms with E-state index < -0.39 is 5.97 Å². The number of thiophene rings is 2. The van der Waals surface area contributed by atoms with E-state index >= 15 is 0 Å². The molecule has 0 atom stereocenters. The number of hydrogen-bond acceptors (Lipinski definition) is 22. The largest absolute Gasteiger partial charge is 1.00 e. The number of Topliss-reactive ketones (excluding diaryl/α,β-unsaturated/α-hetero) is 1. The number of aliphatic hydroxyl groups is 1. The number of β-amino-alcohol motifs (C(OH)–C–C–N with tert-alkyl or cyclic N) is 1. The fourth-order valence-corrected chi connectivity index (χ4v) is 12.0. The highest BCUT2D eigenvalue weighted by molar-refractivity contribution is 7.18. The lowest BCUT2D eigenvalue weighted by molar-refractivity contribution is -0.670. The Morgan fingerprint density at radius 1 is 0.569 bits per heavy atom. The summed E-state index contributed by atoms with van der Waals surface area (Å²) < 4.78 is 48.2. The molecule has 0 spiro atoms. The highest BCUT2D eigenvalue weighted by Gasteiger charge is 2.23. The van der Waals surface area contributed by atoms with Crippen LogP contribution >= 0.6 is 69.9 Å². The number of alkyl halides is 1. The molecule has 102 heavy (non-hydrogen) atoms. The van der Waals surface area contributed by atoms with Crippen LogP contribution in [0.5, 0.6) is 23.0 Å². The van der Waals surface area contributed by atoms with Gasteiger partial charge in [0.25, 0.3) is 0 Å². The predicted octanol–water partition coefficient (Wildman–Crippen LogP) is 5.75. The highest BCUT2D eigenvalue weighted by atomic mass is 35.5. The van der Waals surface area contributed by atoms with E-state index in [1.807, 2.05) is 73.7 Å². The lowest BCUT2D eigenvalue weighted by Crippen LogP contribution is -3.00. The molecule has 4 aromatic carbocycles. The molecule has 564 valence electrons. The summed E-state index contributed by atoms with van der Waals surface area (Å²) in [6, 6.07) is 36.3. The van der Waals surface area contributed by atoms with Crippen molar-refractivity contribution in [3.8, 4) is 23.0 Å². The minimum atomic E-state index is -0.825. The molecular formula is C72H97Cl5N6O17S2. The lowest BCUT2D eigenvalue weighted by Gasteiger charge is -2.26. The Hall–Kier alpha value is -6.21. The molecule has 2 aromatic heterocycles. The topological polar surface area (TPSA) is 271 Å². The number of rotatable bonds is 24. The summed E-state index contributed by atoms with van der Waals surface area (Å²) >= 11 is 19.8. The molecule has 0 radical (unpaired) electrons. The van der Waals surface area contributed by atoms with Crippen LogP contribution in [0.2, 0.25) is 8.67 Å². The molecule has 5 N–H and O–H groups in total. The third-order valence-electron chi connectivity index (χ3n) is 14.9. The number of ketones is 1. The predicted molar refractivity (Wildman–Crippen MR) is 396 cm³/mol. The van der Waals surface area contributed by atoms with Crippen LogP contribution in [0.4, 0.5) is 0 Å². The number of aromatic hydroxyl groups is 1. The van der Waals surface area contributed by atoms with Crippen LogP contribution in [-0.4, -0.2) is 248 Å². The van der Waals surface area contributed by atoms with Crippen LogP contribution in [0.25, 0.3) is 0 Å². The second-order valence-corrected chi connectivity index (χ2v) is 26.3. The van der Waals surface area contributed by atoms with Crippen molar-refractivity contribution in [3.63, 3.8) is 0 Å². The number of methoxy groups -OCH3 is 2. The summed E-state index contributed by atoms with van der Waals surface area (Å²) in [5, 5.41) is 34.5. The molecule has 30 heteroatoms. The van der Waals surface area contributed by atoms with Crippen molar-refractivity contribution >= 4 is 105 Å². The number of quaternary nitrogens is 1. The fourth-order valence-electron chi connectivity index (χ4n) is 9.72. The number of morpholine rings is 4. The minimum absolute atomic E-state index is 0. The lowest BCUT2D eigenvalue weighted by atomic mass is 10.1. The molecular weight excluding hydrogens is 1460 g/mol. The number of nitrogens with two attached hydrogens (primary N) is 1. The molecule has 6 aromatic rings. The van der Waals surface area contributed by atoms with E-state index in [4.69, 9.17) is 83.3 Å². The van der Waals surface area contributed by atoms with Gasteiger partial charge in [0.05, 0.1) is 150 Å². The van der Waals surface area contributed by atoms with Crippen LogP contribution in [0, 0.1) is 0 Å². The van der Waals surface area contributed by atoms with Gasteiger partial charge in [-0.2, -0.15) is 5.10 Å². The van der Waals surface area contributed by atoms with E-state index in [-0.39, 0.29) is 80.1 Å². The first kappa shape index (κ1) is 90.0. The monoisotopic (exact) mass is 1560 g/mol. The van der Waals surface area contributed by atoms with Crippen molar-refractivity contribution in [3.05, 3.63) is 162 Å². The van der Waals surface area contributed by atoms with Gasteiger partial charge >= 0.3 is 17.9 Å². The number of hydrogen-bond donors (Lipinski definition) is 4. The first-order chi connectivity index (χ1) is 48.6. The number of carboxylic acid groups (broad SMARTS) is 1. The molecule has 0 aliphatic carbocycles. The number of phenols is 1. The summed E-state index contributed by atoms with van der Waals surface area (Å²) in [5.41, 5.74) is 4.28. The minimum Gasteiger partial charge on any atom is -1.00 e. The van der Waals surface area contributed by atoms with Gasteiger partial charge in [0, 0.05) is 77.6 Å². The summed E-state index contributed by atoms with van der Waals surface area (Å²) in [5.74, 6) is 1.53. The number of carbonyl (C=O) groups excluding carboxylic acids is 4. The van der Waals surface area contributed by atoms with Gasteiger partial charge in [0.2, 0.25) is 5.91 Å². The maximum Gasteiger partial charge on any atom is 0.309 e. The SMILES string of the molecule is C1COCC[NH2+]1.CCOc1cccc(CC(=O)O)c1.COC(=O)Cc1cccc(O)c1.COC(=O)Cc1cccc(OCCN2CCOCC2)c1.Cl.O=C(CCCl)c1ccc(Cl)s1.O=C(Cc1cccc(OCCN2CCOCC2)c1)N1CCC(c2ccc(Cl)s2)=N1.OCCN1CCOCC1.[Cl-]. The Kier molecular flexibility index (Phi) is 48.0. The number of carbonyl (C=O) groups is 5. The number of carboxylic acids is 1. The van der Waals surface area contributed by atoms with Gasteiger partial charge in [-0.25, -0.2) is 5.01 Å². The normalized spacial score (nSPS) is 14.9. The first-order valence-corrected chi connectivity index (χ1v) is 36.2. The van der Waals surface area contributed by atoms with Crippen LogP contribution < -0.4 is 31.9 Å². The summed E-state index contributed by atoms with van der Waals surface area (Å²) in [6.45, 7) is 22.0. The number of aliphatic carboxylic acids is 1. The molecule has 5 aliphatic rings. The van der Waals surface area contributed by atoms with Crippen molar-refractivity contribution < 1.29 is 99.6 Å². The summed E-state index contributed by atoms with van der Waals surface area (Å²) in [7, 11) is 2.73. The average Bonchev–Trinajstić information content (AvgIpc) is 1.69. The second-order valence-electron chi connectivity index (χ2n) is 22.4. The third kappa shape index (κ3) is 39.1. The number of nitrogens with zero attached hydrogens (tertiary/aromatic N) is 5. The number of halogens is 5. The van der Waals surface area contributed by atoms with E-state index in [0.29, 0.717) is 54.3 Å². The zero-order chi connectivity index (χ0) is 72.0. The van der Waals surface area contributed by atoms with E-state index in [1.165, 1.54) is 43.0 Å². The van der Waals surface area contributed by atoms with Gasteiger partial charge in [0.15, 0.2) is 5.78 Å². The maximum atomic E-state index is 12.7. The zero-order valence-corrected chi connectivity index (χ0v) is 63.5. The molecule has 0 bridgehead atoms. The quantitative estimate of drug-likeness (QED) is 0.0319. The van der Waals surface area contributed by atoms with Crippen LogP contribution in [0.15, 0.2) is 126 Å². The van der Waals surface area contributed by atoms with Crippen molar-refractivity contribution in [2.75, 3.05) is 178 Å². The van der Waals surface area contributed by atoms with Crippen LogP contribution in [-0.2, 0) is 73.3 Å². The number of ether oxygens (including phenoxy) is 9. The Labute approximate surface area is 633 Å². The Morgan fingerprint density at radius 3 is 1.43 bits per heavy atom. The van der Waals surface area contributed by atoms with Gasteiger partial charge in [-0.1, -0.05) is 71.7 Å². The van der Waals surface area contributed by atoms with E-state index in [1.54, 1.807) is 53.5 Å².